The number of sulfonamides is 1. The Balaban J connectivity index is 2.39. The van der Waals surface area contributed by atoms with E-state index < -0.39 is 21.5 Å². The zero-order valence-corrected chi connectivity index (χ0v) is 13.9. The molecule has 2 rings (SSSR count). The number of aromatic nitrogens is 1. The minimum absolute atomic E-state index is 0.0460. The van der Waals surface area contributed by atoms with E-state index in [4.69, 9.17) is 0 Å². The third-order valence-electron chi connectivity index (χ3n) is 3.99. The second-order valence-corrected chi connectivity index (χ2v) is 7.97. The second-order valence-electron chi connectivity index (χ2n) is 5.37. The molecule has 21 heavy (non-hydrogen) atoms. The van der Waals surface area contributed by atoms with E-state index in [0.29, 0.717) is 23.7 Å². The zero-order valence-electron chi connectivity index (χ0n) is 11.5. The lowest BCUT2D eigenvalue weighted by atomic mass is 9.74. The molecule has 1 saturated carbocycles. The molecule has 0 saturated heterocycles. The number of halogens is 1. The Kier molecular flexibility index (Phi) is 4.69. The molecule has 8 heteroatoms. The third-order valence-corrected chi connectivity index (χ3v) is 5.90. The maximum absolute atomic E-state index is 12.5. The van der Waals surface area contributed by atoms with Crippen LogP contribution in [0.4, 0.5) is 0 Å². The zero-order chi connectivity index (χ0) is 15.7. The van der Waals surface area contributed by atoms with Crippen molar-refractivity contribution >= 4 is 31.9 Å². The average Bonchev–Trinajstić information content (AvgIpc) is 2.41. The molecule has 1 aliphatic rings. The molecular weight excluding hydrogens is 360 g/mol. The molecule has 2 N–H and O–H groups in total. The topological polar surface area (TPSA) is 96.4 Å². The van der Waals surface area contributed by atoms with Gasteiger partial charge in [-0.25, -0.2) is 8.42 Å². The summed E-state index contributed by atoms with van der Waals surface area (Å²) >= 11 is 3.16. The van der Waals surface area contributed by atoms with Crippen molar-refractivity contribution < 1.29 is 18.3 Å². The Labute approximate surface area is 132 Å². The molecule has 0 amide bonds. The average molecular weight is 377 g/mol. The molecule has 1 heterocycles. The molecule has 1 aromatic heterocycles. The summed E-state index contributed by atoms with van der Waals surface area (Å²) in [5.41, 5.74) is -1.45. The van der Waals surface area contributed by atoms with E-state index >= 15 is 0 Å². The van der Waals surface area contributed by atoms with Crippen LogP contribution in [0.3, 0.4) is 0 Å². The summed E-state index contributed by atoms with van der Waals surface area (Å²) < 4.78 is 27.9. The maximum Gasteiger partial charge on any atom is 0.325 e. The van der Waals surface area contributed by atoms with Crippen molar-refractivity contribution in [2.45, 2.75) is 43.0 Å². The van der Waals surface area contributed by atoms with Crippen LogP contribution in [-0.4, -0.2) is 30.0 Å². The van der Waals surface area contributed by atoms with Crippen LogP contribution in [-0.2, 0) is 14.8 Å². The Morgan fingerprint density at radius 1 is 1.48 bits per heavy atom. The minimum atomic E-state index is -3.94. The Hall–Kier alpha value is -0.990. The van der Waals surface area contributed by atoms with Gasteiger partial charge in [-0.1, -0.05) is 19.8 Å². The predicted octanol–water partition coefficient (Wildman–Crippen LogP) is 2.16. The summed E-state index contributed by atoms with van der Waals surface area (Å²) in [5, 5.41) is 9.57. The first-order chi connectivity index (χ1) is 9.78. The normalized spacial score (nSPS) is 26.5. The number of carboxylic acid groups (broad SMARTS) is 1. The van der Waals surface area contributed by atoms with Gasteiger partial charge >= 0.3 is 5.97 Å². The number of nitrogens with one attached hydrogen (secondary N) is 1. The van der Waals surface area contributed by atoms with Crippen molar-refractivity contribution in [2.75, 3.05) is 0 Å². The van der Waals surface area contributed by atoms with E-state index in [-0.39, 0.29) is 10.8 Å². The number of carboxylic acids is 1. The van der Waals surface area contributed by atoms with Gasteiger partial charge in [-0.3, -0.25) is 9.78 Å². The van der Waals surface area contributed by atoms with Crippen molar-refractivity contribution in [1.82, 2.24) is 9.71 Å². The van der Waals surface area contributed by atoms with Crippen LogP contribution >= 0.6 is 15.9 Å². The Morgan fingerprint density at radius 3 is 2.76 bits per heavy atom. The van der Waals surface area contributed by atoms with E-state index in [2.05, 4.69) is 25.6 Å². The summed E-state index contributed by atoms with van der Waals surface area (Å²) in [7, 11) is -3.94. The minimum Gasteiger partial charge on any atom is -0.480 e. The lowest BCUT2D eigenvalue weighted by molar-refractivity contribution is -0.147. The van der Waals surface area contributed by atoms with Gasteiger partial charge in [-0.15, -0.1) is 0 Å². The van der Waals surface area contributed by atoms with Crippen LogP contribution in [0.15, 0.2) is 27.8 Å². The number of carbonyl (C=O) groups is 1. The van der Waals surface area contributed by atoms with Gasteiger partial charge in [-0.05, 0) is 40.8 Å². The van der Waals surface area contributed by atoms with E-state index in [1.165, 1.54) is 18.5 Å². The molecule has 2 unspecified atom stereocenters. The highest BCUT2D eigenvalue weighted by atomic mass is 79.9. The molecule has 1 aromatic rings. The molecule has 1 fully saturated rings. The van der Waals surface area contributed by atoms with Crippen molar-refractivity contribution in [3.8, 4) is 0 Å². The van der Waals surface area contributed by atoms with Gasteiger partial charge in [0.1, 0.15) is 10.4 Å². The lowest BCUT2D eigenvalue weighted by Gasteiger charge is -2.39. The molecule has 1 aliphatic carbocycles. The van der Waals surface area contributed by atoms with E-state index in [9.17, 15) is 18.3 Å². The molecule has 0 aliphatic heterocycles. The molecule has 2 atom stereocenters. The summed E-state index contributed by atoms with van der Waals surface area (Å²) in [6.45, 7) is 1.77. The number of aliphatic carboxylic acids is 1. The van der Waals surface area contributed by atoms with Crippen LogP contribution in [0.1, 0.15) is 32.6 Å². The summed E-state index contributed by atoms with van der Waals surface area (Å²) in [5.74, 6) is -1.39. The molecule has 116 valence electrons. The summed E-state index contributed by atoms with van der Waals surface area (Å²) in [6.07, 6.45) is 5.26. The van der Waals surface area contributed by atoms with Crippen LogP contribution in [0, 0.1) is 5.92 Å². The monoisotopic (exact) mass is 376 g/mol. The molecular formula is C13H17BrN2O4S. The smallest absolute Gasteiger partial charge is 0.325 e. The quantitative estimate of drug-likeness (QED) is 0.838. The first kappa shape index (κ1) is 16.4. The van der Waals surface area contributed by atoms with Crippen LogP contribution < -0.4 is 4.72 Å². The highest BCUT2D eigenvalue weighted by Gasteiger charge is 2.48. The van der Waals surface area contributed by atoms with Crippen molar-refractivity contribution in [2.24, 2.45) is 5.92 Å². The Morgan fingerprint density at radius 2 is 2.19 bits per heavy atom. The lowest BCUT2D eigenvalue weighted by Crippen LogP contribution is -2.59. The van der Waals surface area contributed by atoms with Gasteiger partial charge in [0.15, 0.2) is 0 Å². The summed E-state index contributed by atoms with van der Waals surface area (Å²) in [6, 6.07) is 1.40. The number of hydrogen-bond acceptors (Lipinski definition) is 4. The molecule has 6 nitrogen and oxygen atoms in total. The Bertz CT molecular complexity index is 649. The van der Waals surface area contributed by atoms with Gasteiger partial charge < -0.3 is 5.11 Å². The number of hydrogen-bond donors (Lipinski definition) is 2. The second kappa shape index (κ2) is 6.02. The number of nitrogens with zero attached hydrogens (tertiary/aromatic N) is 1. The van der Waals surface area contributed by atoms with E-state index in [1.54, 1.807) is 6.92 Å². The first-order valence-corrected chi connectivity index (χ1v) is 8.93. The third kappa shape index (κ3) is 3.27. The van der Waals surface area contributed by atoms with Crippen LogP contribution in [0.25, 0.3) is 0 Å². The standard InChI is InChI=1S/C13H17BrN2O4S/c1-9-4-2-3-5-13(9,12(17)18)16-21(19,20)11-6-10(14)7-15-8-11/h6-9,16H,2-5H2,1H3,(H,17,18). The van der Waals surface area contributed by atoms with Gasteiger partial charge in [-0.2, -0.15) is 4.72 Å². The van der Waals surface area contributed by atoms with Gasteiger partial charge in [0.25, 0.3) is 0 Å². The van der Waals surface area contributed by atoms with Gasteiger partial charge in [0.05, 0.1) is 0 Å². The summed E-state index contributed by atoms with van der Waals surface area (Å²) in [4.78, 5) is 15.5. The fraction of sp³-hybridized carbons (Fsp3) is 0.538. The van der Waals surface area contributed by atoms with E-state index in [1.807, 2.05) is 0 Å². The molecule has 0 radical (unpaired) electrons. The van der Waals surface area contributed by atoms with Crippen molar-refractivity contribution in [3.05, 3.63) is 22.9 Å². The number of pyridine rings is 1. The first-order valence-electron chi connectivity index (χ1n) is 6.66. The van der Waals surface area contributed by atoms with Crippen molar-refractivity contribution in [1.29, 1.82) is 0 Å². The number of rotatable bonds is 4. The van der Waals surface area contributed by atoms with Crippen LogP contribution in [0.2, 0.25) is 0 Å². The van der Waals surface area contributed by atoms with E-state index in [0.717, 1.165) is 6.42 Å². The van der Waals surface area contributed by atoms with Gasteiger partial charge in [0, 0.05) is 16.9 Å². The van der Waals surface area contributed by atoms with Crippen LogP contribution in [0.5, 0.6) is 0 Å². The van der Waals surface area contributed by atoms with Gasteiger partial charge in [0.2, 0.25) is 10.0 Å². The molecule has 0 spiro atoms. The fourth-order valence-electron chi connectivity index (χ4n) is 2.70. The van der Waals surface area contributed by atoms with Crippen molar-refractivity contribution in [3.63, 3.8) is 0 Å². The molecule has 0 bridgehead atoms. The molecule has 0 aromatic carbocycles. The fourth-order valence-corrected chi connectivity index (χ4v) is 4.68. The maximum atomic E-state index is 12.5. The highest BCUT2D eigenvalue weighted by Crippen LogP contribution is 2.35. The predicted molar refractivity (Wildman–Crippen MR) is 80.3 cm³/mol. The largest absolute Gasteiger partial charge is 0.480 e. The SMILES string of the molecule is CC1CCCCC1(NS(=O)(=O)c1cncc(Br)c1)C(=O)O. The highest BCUT2D eigenvalue weighted by molar-refractivity contribution is 9.10.